The van der Waals surface area contributed by atoms with Crippen LogP contribution in [0.25, 0.3) is 11.0 Å². The fourth-order valence-corrected chi connectivity index (χ4v) is 4.45. The smallest absolute Gasteiger partial charge is 0.341 e. The lowest BCUT2D eigenvalue weighted by Crippen LogP contribution is -2.45. The van der Waals surface area contributed by atoms with Gasteiger partial charge < -0.3 is 19.4 Å². The normalized spacial score (nSPS) is 14.7. The Labute approximate surface area is 186 Å². The minimum absolute atomic E-state index is 0.0479. The first-order chi connectivity index (χ1) is 15.3. The zero-order valence-corrected chi connectivity index (χ0v) is 19.2. The van der Waals surface area contributed by atoms with Crippen molar-refractivity contribution in [2.75, 3.05) is 24.6 Å². The number of amides is 1. The van der Waals surface area contributed by atoms with Gasteiger partial charge in [0.1, 0.15) is 17.1 Å². The number of aryl methyl sites for hydroxylation is 4. The lowest BCUT2D eigenvalue weighted by molar-refractivity contribution is 0.0526. The number of hydrogen-bond donors (Lipinski definition) is 1. The van der Waals surface area contributed by atoms with Crippen molar-refractivity contribution in [2.24, 2.45) is 7.05 Å². The van der Waals surface area contributed by atoms with Crippen molar-refractivity contribution in [3.05, 3.63) is 40.6 Å². The summed E-state index contributed by atoms with van der Waals surface area (Å²) in [5.74, 6) is 0.853. The summed E-state index contributed by atoms with van der Waals surface area (Å²) in [4.78, 5) is 32.0. The second-order valence-corrected chi connectivity index (χ2v) is 8.21. The van der Waals surface area contributed by atoms with Crippen LogP contribution in [0, 0.1) is 20.8 Å². The van der Waals surface area contributed by atoms with E-state index >= 15 is 0 Å². The van der Waals surface area contributed by atoms with Crippen LogP contribution in [-0.2, 0) is 11.8 Å². The fraction of sp³-hybridized carbons (Fsp3) is 0.478. The van der Waals surface area contributed by atoms with E-state index in [1.165, 1.54) is 0 Å². The molecule has 4 heterocycles. The maximum absolute atomic E-state index is 12.7. The summed E-state index contributed by atoms with van der Waals surface area (Å²) in [6, 6.07) is 1.82. The zero-order valence-electron chi connectivity index (χ0n) is 19.2. The molecule has 0 saturated carbocycles. The summed E-state index contributed by atoms with van der Waals surface area (Å²) in [5.41, 5.74) is 3.38. The quantitative estimate of drug-likeness (QED) is 0.610. The highest BCUT2D eigenvalue weighted by Crippen LogP contribution is 2.34. The van der Waals surface area contributed by atoms with Crippen LogP contribution in [0.5, 0.6) is 0 Å². The third-order valence-electron chi connectivity index (χ3n) is 5.93. The van der Waals surface area contributed by atoms with Gasteiger partial charge in [-0.15, -0.1) is 0 Å². The van der Waals surface area contributed by atoms with E-state index in [4.69, 9.17) is 9.15 Å². The molecule has 32 heavy (non-hydrogen) atoms. The van der Waals surface area contributed by atoms with Gasteiger partial charge in [0.15, 0.2) is 5.65 Å². The van der Waals surface area contributed by atoms with Crippen LogP contribution < -0.4 is 10.2 Å². The van der Waals surface area contributed by atoms with E-state index in [0.717, 1.165) is 41.0 Å². The van der Waals surface area contributed by atoms with Gasteiger partial charge in [0.2, 0.25) is 0 Å². The molecule has 1 aliphatic rings. The summed E-state index contributed by atoms with van der Waals surface area (Å²) < 4.78 is 12.5. The molecule has 0 aromatic carbocycles. The van der Waals surface area contributed by atoms with Crippen LogP contribution in [0.4, 0.5) is 5.69 Å². The van der Waals surface area contributed by atoms with Gasteiger partial charge in [-0.1, -0.05) is 0 Å². The lowest BCUT2D eigenvalue weighted by atomic mass is 10.0. The Morgan fingerprint density at radius 2 is 1.94 bits per heavy atom. The van der Waals surface area contributed by atoms with Crippen molar-refractivity contribution in [1.82, 2.24) is 20.1 Å². The molecule has 3 aromatic heterocycles. The Hall–Kier alpha value is -3.36. The van der Waals surface area contributed by atoms with Crippen LogP contribution in [0.2, 0.25) is 0 Å². The number of rotatable bonds is 5. The minimum atomic E-state index is -0.388. The average Bonchev–Trinajstić information content (AvgIpc) is 3.25. The lowest BCUT2D eigenvalue weighted by Gasteiger charge is -2.35. The van der Waals surface area contributed by atoms with Gasteiger partial charge in [-0.2, -0.15) is 5.10 Å². The second-order valence-electron chi connectivity index (χ2n) is 8.21. The summed E-state index contributed by atoms with van der Waals surface area (Å²) in [5, 5.41) is 8.49. The van der Waals surface area contributed by atoms with Crippen molar-refractivity contribution in [1.29, 1.82) is 0 Å². The number of nitrogens with one attached hydrogen (secondary N) is 1. The van der Waals surface area contributed by atoms with Gasteiger partial charge in [-0.05, 0) is 46.6 Å². The third kappa shape index (κ3) is 3.94. The van der Waals surface area contributed by atoms with E-state index in [1.807, 2.05) is 20.9 Å². The van der Waals surface area contributed by atoms with Gasteiger partial charge in [0, 0.05) is 32.4 Å². The molecule has 170 valence electrons. The number of ether oxygens (including phenoxy) is 1. The van der Waals surface area contributed by atoms with Crippen molar-refractivity contribution < 1.29 is 18.7 Å². The fourth-order valence-electron chi connectivity index (χ4n) is 4.45. The van der Waals surface area contributed by atoms with Crippen molar-refractivity contribution in [2.45, 2.75) is 46.6 Å². The molecule has 0 unspecified atom stereocenters. The predicted molar refractivity (Wildman–Crippen MR) is 120 cm³/mol. The minimum Gasteiger partial charge on any atom is -0.466 e. The number of anilines is 1. The number of hydrogen-bond acceptors (Lipinski definition) is 7. The van der Waals surface area contributed by atoms with Crippen LogP contribution in [0.3, 0.4) is 0 Å². The molecule has 1 aliphatic heterocycles. The molecule has 1 saturated heterocycles. The van der Waals surface area contributed by atoms with E-state index in [9.17, 15) is 9.59 Å². The SMILES string of the molecule is CCOC(=O)c1cnc2c(c(C)nn2C)c1N1CCC(NC(=O)c2cc(C)oc2C)CC1. The van der Waals surface area contributed by atoms with Crippen LogP contribution in [-0.4, -0.2) is 52.4 Å². The van der Waals surface area contributed by atoms with Gasteiger partial charge in [0.05, 0.1) is 28.9 Å². The molecule has 0 aliphatic carbocycles. The number of aromatic nitrogens is 3. The Kier molecular flexibility index (Phi) is 5.90. The van der Waals surface area contributed by atoms with Crippen LogP contribution in [0.15, 0.2) is 16.7 Å². The van der Waals surface area contributed by atoms with Gasteiger partial charge in [-0.3, -0.25) is 9.48 Å². The summed E-state index contributed by atoms with van der Waals surface area (Å²) in [6.07, 6.45) is 3.09. The number of carbonyl (C=O) groups excluding carboxylic acids is 2. The average molecular weight is 440 g/mol. The van der Waals surface area contributed by atoms with E-state index in [-0.39, 0.29) is 17.9 Å². The van der Waals surface area contributed by atoms with Crippen molar-refractivity contribution in [3.8, 4) is 0 Å². The number of esters is 1. The highest BCUT2D eigenvalue weighted by atomic mass is 16.5. The highest BCUT2D eigenvalue weighted by molar-refractivity contribution is 6.05. The Morgan fingerprint density at radius 3 is 2.56 bits per heavy atom. The number of furan rings is 1. The second kappa shape index (κ2) is 8.64. The van der Waals surface area contributed by atoms with E-state index in [1.54, 1.807) is 30.8 Å². The van der Waals surface area contributed by atoms with Gasteiger partial charge in [-0.25, -0.2) is 9.78 Å². The Morgan fingerprint density at radius 1 is 1.22 bits per heavy atom. The van der Waals surface area contributed by atoms with Crippen LogP contribution in [0.1, 0.15) is 57.7 Å². The standard InChI is InChI=1S/C23H29N5O4/c1-6-31-23(30)18-12-24-21-19(14(3)26-27(21)5)20(18)28-9-7-16(8-10-28)25-22(29)17-11-13(2)32-15(17)4/h11-12,16H,6-10H2,1-5H3,(H,25,29). The van der Waals surface area contributed by atoms with Crippen molar-refractivity contribution >= 4 is 28.6 Å². The molecule has 0 atom stereocenters. The maximum atomic E-state index is 12.7. The molecule has 0 spiro atoms. The first kappa shape index (κ1) is 21.9. The largest absolute Gasteiger partial charge is 0.466 e. The number of nitrogens with zero attached hydrogens (tertiary/aromatic N) is 4. The Bertz CT molecular complexity index is 1170. The van der Waals surface area contributed by atoms with Gasteiger partial charge in [0.25, 0.3) is 5.91 Å². The van der Waals surface area contributed by atoms with E-state index in [2.05, 4.69) is 20.3 Å². The monoisotopic (exact) mass is 439 g/mol. The summed E-state index contributed by atoms with van der Waals surface area (Å²) in [7, 11) is 1.84. The summed E-state index contributed by atoms with van der Waals surface area (Å²) in [6.45, 7) is 9.01. The van der Waals surface area contributed by atoms with Crippen molar-refractivity contribution in [3.63, 3.8) is 0 Å². The number of carbonyl (C=O) groups is 2. The molecule has 4 rings (SSSR count). The highest BCUT2D eigenvalue weighted by Gasteiger charge is 2.29. The molecule has 1 N–H and O–H groups in total. The van der Waals surface area contributed by atoms with E-state index < -0.39 is 0 Å². The third-order valence-corrected chi connectivity index (χ3v) is 5.93. The molecule has 9 nitrogen and oxygen atoms in total. The first-order valence-corrected chi connectivity index (χ1v) is 10.9. The van der Waals surface area contributed by atoms with E-state index in [0.29, 0.717) is 36.6 Å². The van der Waals surface area contributed by atoms with Gasteiger partial charge >= 0.3 is 5.97 Å². The zero-order chi connectivity index (χ0) is 23.0. The molecule has 0 bridgehead atoms. The molecule has 3 aromatic rings. The number of piperidine rings is 1. The molecular weight excluding hydrogens is 410 g/mol. The number of pyridine rings is 1. The molecular formula is C23H29N5O4. The number of fused-ring (bicyclic) bond motifs is 1. The predicted octanol–water partition coefficient (Wildman–Crippen LogP) is 3.06. The first-order valence-electron chi connectivity index (χ1n) is 10.9. The molecule has 9 heteroatoms. The Balaban J connectivity index is 1.57. The molecule has 1 fully saturated rings. The summed E-state index contributed by atoms with van der Waals surface area (Å²) >= 11 is 0. The molecule has 1 amide bonds. The topological polar surface area (TPSA) is 102 Å². The maximum Gasteiger partial charge on any atom is 0.341 e. The van der Waals surface area contributed by atoms with Crippen LogP contribution >= 0.6 is 0 Å². The molecule has 0 radical (unpaired) electrons.